The zero-order valence-corrected chi connectivity index (χ0v) is 12.5. The molecular formula is C12H16F3N3O3S. The lowest BCUT2D eigenvalue weighted by Crippen LogP contribution is -2.17. The van der Waals surface area contributed by atoms with Gasteiger partial charge in [0.15, 0.2) is 0 Å². The van der Waals surface area contributed by atoms with Crippen LogP contribution in [0.25, 0.3) is 0 Å². The summed E-state index contributed by atoms with van der Waals surface area (Å²) in [5, 5.41) is 2.26. The van der Waals surface area contributed by atoms with E-state index in [4.69, 9.17) is 5.73 Å². The standard InChI is InChI=1S/C12H16F3N3O3S/c1-22(20,21)18-9-5-4-8(12(13,14)15)7-10(9)17-11(19)3-2-6-16/h4-5,7,18H,2-3,6,16H2,1H3,(H,17,19). The van der Waals surface area contributed by atoms with Crippen molar-refractivity contribution in [3.63, 3.8) is 0 Å². The Hall–Kier alpha value is -1.81. The summed E-state index contributed by atoms with van der Waals surface area (Å²) in [6.45, 7) is 0.254. The minimum absolute atomic E-state index is 0.0189. The lowest BCUT2D eigenvalue weighted by molar-refractivity contribution is -0.137. The zero-order valence-electron chi connectivity index (χ0n) is 11.7. The van der Waals surface area contributed by atoms with Crippen LogP contribution in [-0.4, -0.2) is 27.1 Å². The van der Waals surface area contributed by atoms with E-state index in [1.54, 1.807) is 0 Å². The SMILES string of the molecule is CS(=O)(=O)Nc1ccc(C(F)(F)F)cc1NC(=O)CCCN. The number of hydrogen-bond donors (Lipinski definition) is 3. The lowest BCUT2D eigenvalue weighted by atomic mass is 10.1. The summed E-state index contributed by atoms with van der Waals surface area (Å²) in [7, 11) is -3.70. The van der Waals surface area contributed by atoms with Crippen molar-refractivity contribution in [3.8, 4) is 0 Å². The number of hydrogen-bond acceptors (Lipinski definition) is 4. The maximum atomic E-state index is 12.7. The Labute approximate surface area is 125 Å². The molecule has 0 saturated carbocycles. The highest BCUT2D eigenvalue weighted by Crippen LogP contribution is 2.34. The molecule has 22 heavy (non-hydrogen) atoms. The molecule has 0 aliphatic carbocycles. The molecule has 4 N–H and O–H groups in total. The second-order valence-corrected chi connectivity index (χ2v) is 6.32. The van der Waals surface area contributed by atoms with Crippen molar-refractivity contribution in [2.75, 3.05) is 22.8 Å². The largest absolute Gasteiger partial charge is 0.416 e. The molecule has 0 aromatic heterocycles. The van der Waals surface area contributed by atoms with E-state index in [1.165, 1.54) is 0 Å². The second kappa shape index (κ2) is 6.97. The number of halogens is 3. The van der Waals surface area contributed by atoms with E-state index in [0.29, 0.717) is 12.5 Å². The smallest absolute Gasteiger partial charge is 0.330 e. The molecule has 10 heteroatoms. The minimum Gasteiger partial charge on any atom is -0.330 e. The predicted molar refractivity (Wildman–Crippen MR) is 76.8 cm³/mol. The first-order valence-corrected chi connectivity index (χ1v) is 8.11. The van der Waals surface area contributed by atoms with Crippen LogP contribution in [-0.2, 0) is 21.0 Å². The summed E-state index contributed by atoms with van der Waals surface area (Å²) in [6.07, 6.45) is -3.38. The van der Waals surface area contributed by atoms with Gasteiger partial charge in [0.05, 0.1) is 23.2 Å². The Bertz CT molecular complexity index is 645. The Kier molecular flexibility index (Phi) is 5.78. The van der Waals surface area contributed by atoms with Crippen LogP contribution in [0.4, 0.5) is 24.5 Å². The van der Waals surface area contributed by atoms with Gasteiger partial charge in [-0.2, -0.15) is 13.2 Å². The first-order valence-electron chi connectivity index (χ1n) is 6.22. The van der Waals surface area contributed by atoms with Crippen molar-refractivity contribution in [2.24, 2.45) is 5.73 Å². The molecule has 0 spiro atoms. The van der Waals surface area contributed by atoms with E-state index >= 15 is 0 Å². The van der Waals surface area contributed by atoms with Gasteiger partial charge in [0.1, 0.15) is 0 Å². The van der Waals surface area contributed by atoms with E-state index in [9.17, 15) is 26.4 Å². The Morgan fingerprint density at radius 3 is 2.41 bits per heavy atom. The molecule has 0 aliphatic rings. The fourth-order valence-corrected chi connectivity index (χ4v) is 2.17. The van der Waals surface area contributed by atoms with Crippen molar-refractivity contribution in [1.82, 2.24) is 0 Å². The molecule has 0 fully saturated rings. The topological polar surface area (TPSA) is 101 Å². The molecule has 1 amide bonds. The van der Waals surface area contributed by atoms with Crippen LogP contribution in [0.1, 0.15) is 18.4 Å². The van der Waals surface area contributed by atoms with Crippen molar-refractivity contribution < 1.29 is 26.4 Å². The second-order valence-electron chi connectivity index (χ2n) is 4.57. The number of nitrogens with two attached hydrogens (primary N) is 1. The molecular weight excluding hydrogens is 323 g/mol. The normalized spacial score (nSPS) is 12.0. The number of benzene rings is 1. The van der Waals surface area contributed by atoms with Gasteiger partial charge < -0.3 is 11.1 Å². The zero-order chi connectivity index (χ0) is 17.0. The van der Waals surface area contributed by atoms with Crippen LogP contribution in [0.15, 0.2) is 18.2 Å². The van der Waals surface area contributed by atoms with Gasteiger partial charge >= 0.3 is 6.18 Å². The number of rotatable bonds is 6. The van der Waals surface area contributed by atoms with E-state index in [1.807, 2.05) is 0 Å². The molecule has 1 aromatic carbocycles. The third kappa shape index (κ3) is 5.90. The highest BCUT2D eigenvalue weighted by atomic mass is 32.2. The van der Waals surface area contributed by atoms with Crippen molar-refractivity contribution >= 4 is 27.3 Å². The highest BCUT2D eigenvalue weighted by molar-refractivity contribution is 7.92. The number of carbonyl (C=O) groups is 1. The van der Waals surface area contributed by atoms with Crippen LogP contribution in [0.5, 0.6) is 0 Å². The quantitative estimate of drug-likeness (QED) is 0.735. The molecule has 0 aliphatic heterocycles. The molecule has 1 rings (SSSR count). The van der Waals surface area contributed by atoms with Crippen molar-refractivity contribution in [2.45, 2.75) is 19.0 Å². The third-order valence-electron chi connectivity index (χ3n) is 2.52. The highest BCUT2D eigenvalue weighted by Gasteiger charge is 2.31. The number of sulfonamides is 1. The summed E-state index contributed by atoms with van der Waals surface area (Å²) in [4.78, 5) is 11.6. The van der Waals surface area contributed by atoms with Crippen LogP contribution in [0, 0.1) is 0 Å². The van der Waals surface area contributed by atoms with Gasteiger partial charge in [0.2, 0.25) is 15.9 Å². The fraction of sp³-hybridized carbons (Fsp3) is 0.417. The monoisotopic (exact) mass is 339 g/mol. The van der Waals surface area contributed by atoms with Crippen molar-refractivity contribution in [3.05, 3.63) is 23.8 Å². The maximum absolute atomic E-state index is 12.7. The van der Waals surface area contributed by atoms with Crippen LogP contribution < -0.4 is 15.8 Å². The van der Waals surface area contributed by atoms with Gasteiger partial charge in [-0.3, -0.25) is 9.52 Å². The number of amides is 1. The van der Waals surface area contributed by atoms with E-state index < -0.39 is 27.7 Å². The van der Waals surface area contributed by atoms with Gasteiger partial charge in [-0.05, 0) is 31.2 Å². The molecule has 124 valence electrons. The third-order valence-corrected chi connectivity index (χ3v) is 3.12. The molecule has 0 saturated heterocycles. The van der Waals surface area contributed by atoms with Gasteiger partial charge in [-0.1, -0.05) is 0 Å². The first-order chi connectivity index (χ1) is 10.0. The minimum atomic E-state index is -4.61. The summed E-state index contributed by atoms with van der Waals surface area (Å²) in [6, 6.07) is 2.35. The molecule has 0 atom stereocenters. The molecule has 6 nitrogen and oxygen atoms in total. The van der Waals surface area contributed by atoms with Crippen LogP contribution >= 0.6 is 0 Å². The summed E-state index contributed by atoms with van der Waals surface area (Å²) in [5.74, 6) is -0.554. The van der Waals surface area contributed by atoms with E-state index in [-0.39, 0.29) is 24.3 Å². The Morgan fingerprint density at radius 2 is 1.91 bits per heavy atom. The average molecular weight is 339 g/mol. The summed E-state index contributed by atoms with van der Waals surface area (Å²) in [5.41, 5.74) is 3.84. The molecule has 1 aromatic rings. The Balaban J connectivity index is 3.14. The van der Waals surface area contributed by atoms with Crippen molar-refractivity contribution in [1.29, 1.82) is 0 Å². The summed E-state index contributed by atoms with van der Waals surface area (Å²) >= 11 is 0. The van der Waals surface area contributed by atoms with Gasteiger partial charge in [-0.15, -0.1) is 0 Å². The average Bonchev–Trinajstić information content (AvgIpc) is 2.35. The number of alkyl halides is 3. The maximum Gasteiger partial charge on any atom is 0.416 e. The summed E-state index contributed by atoms with van der Waals surface area (Å²) < 4.78 is 62.6. The van der Waals surface area contributed by atoms with Gasteiger partial charge in [0.25, 0.3) is 0 Å². The molecule has 0 bridgehead atoms. The van der Waals surface area contributed by atoms with Crippen LogP contribution in [0.3, 0.4) is 0 Å². The predicted octanol–water partition coefficient (Wildman–Crippen LogP) is 1.75. The van der Waals surface area contributed by atoms with E-state index in [2.05, 4.69) is 10.0 Å². The molecule has 0 radical (unpaired) electrons. The van der Waals surface area contributed by atoms with E-state index in [0.717, 1.165) is 18.4 Å². The first kappa shape index (κ1) is 18.2. The molecule has 0 unspecified atom stereocenters. The lowest BCUT2D eigenvalue weighted by Gasteiger charge is -2.15. The van der Waals surface area contributed by atoms with Gasteiger partial charge in [-0.25, -0.2) is 8.42 Å². The van der Waals surface area contributed by atoms with Crippen LogP contribution in [0.2, 0.25) is 0 Å². The number of carbonyl (C=O) groups excluding carboxylic acids is 1. The fourth-order valence-electron chi connectivity index (χ4n) is 1.59. The number of nitrogens with one attached hydrogen (secondary N) is 2. The van der Waals surface area contributed by atoms with Gasteiger partial charge in [0, 0.05) is 6.42 Å². The molecule has 0 heterocycles. The number of anilines is 2. The Morgan fingerprint density at radius 1 is 1.27 bits per heavy atom.